The van der Waals surface area contributed by atoms with Gasteiger partial charge in [-0.15, -0.1) is 14.6 Å². The minimum Gasteiger partial charge on any atom is -0.480 e. The van der Waals surface area contributed by atoms with E-state index in [-0.39, 0.29) is 39.2 Å². The predicted molar refractivity (Wildman–Crippen MR) is 95.4 cm³/mol. The molecule has 0 radical (unpaired) electrons. The lowest BCUT2D eigenvalue weighted by Gasteiger charge is -2.09. The van der Waals surface area contributed by atoms with Crippen LogP contribution in [0.4, 0.5) is 22.9 Å². The lowest BCUT2D eigenvalue weighted by molar-refractivity contribution is -0.432. The molecule has 0 aliphatic carbocycles. The van der Waals surface area contributed by atoms with E-state index < -0.39 is 15.0 Å². The Morgan fingerprint density at radius 2 is 2.04 bits per heavy atom. The highest BCUT2D eigenvalue weighted by atomic mass is 32.2. The molecule has 0 atom stereocenters. The van der Waals surface area contributed by atoms with Crippen molar-refractivity contribution in [3.05, 3.63) is 23.8 Å². The first-order valence-corrected chi connectivity index (χ1v) is 9.12. The third-order valence-electron chi connectivity index (χ3n) is 3.13. The molecule has 6 N–H and O–H groups in total. The van der Waals surface area contributed by atoms with Crippen molar-refractivity contribution < 1.29 is 32.3 Å². The number of nitrogens with two attached hydrogens (primary N) is 2. The number of ether oxygens (including phenoxy) is 1. The van der Waals surface area contributed by atoms with Crippen molar-refractivity contribution in [3.63, 3.8) is 0 Å². The highest BCUT2D eigenvalue weighted by molar-refractivity contribution is 7.94. The van der Waals surface area contributed by atoms with Crippen molar-refractivity contribution in [2.75, 3.05) is 18.6 Å². The van der Waals surface area contributed by atoms with E-state index in [0.29, 0.717) is 12.0 Å². The molecule has 0 amide bonds. The largest absolute Gasteiger partial charge is 0.480 e. The summed E-state index contributed by atoms with van der Waals surface area (Å²) in [6.45, 7) is 0. The number of hydrogen-bond donors (Lipinski definition) is 4. The zero-order chi connectivity index (χ0) is 20.9. The van der Waals surface area contributed by atoms with Gasteiger partial charge in [-0.1, -0.05) is 5.04 Å². The fourth-order valence-electron chi connectivity index (χ4n) is 1.95. The number of rotatable bonds is 7. The van der Waals surface area contributed by atoms with Crippen molar-refractivity contribution in [3.8, 4) is 11.9 Å². The number of anilines is 2. The van der Waals surface area contributed by atoms with Gasteiger partial charge in [-0.05, 0) is 18.2 Å². The second-order valence-corrected chi connectivity index (χ2v) is 6.95. The molecule has 1 aromatic carbocycles. The van der Waals surface area contributed by atoms with Gasteiger partial charge in [0.25, 0.3) is 10.1 Å². The Hall–Kier alpha value is -3.00. The Balaban J connectivity index is 2.58. The summed E-state index contributed by atoms with van der Waals surface area (Å²) in [5, 5.41) is 28.3. The molecule has 1 aromatic heterocycles. The molecule has 0 aliphatic heterocycles. The molecule has 0 fully saturated rings. The van der Waals surface area contributed by atoms with E-state index in [9.17, 15) is 18.2 Å². The van der Waals surface area contributed by atoms with Gasteiger partial charge in [-0.2, -0.15) is 18.7 Å². The number of azo groups is 1. The summed E-state index contributed by atoms with van der Waals surface area (Å²) in [7, 11) is -3.39. The molecule has 0 saturated heterocycles. The average molecular weight is 428 g/mol. The Labute approximate surface area is 162 Å². The molecule has 2 aromatic rings. The van der Waals surface area contributed by atoms with Crippen LogP contribution in [-0.4, -0.2) is 30.3 Å². The number of nitrogen functional groups attached to an aromatic ring is 2. The van der Waals surface area contributed by atoms with Crippen LogP contribution in [-0.2, 0) is 19.5 Å². The van der Waals surface area contributed by atoms with Gasteiger partial charge >= 0.3 is 0 Å². The van der Waals surface area contributed by atoms with E-state index in [1.807, 2.05) is 0 Å². The molecule has 0 aliphatic rings. The van der Waals surface area contributed by atoms with Gasteiger partial charge in [0.05, 0.1) is 24.8 Å². The summed E-state index contributed by atoms with van der Waals surface area (Å²) in [5.41, 5.74) is 10.7. The van der Waals surface area contributed by atoms with Crippen LogP contribution in [0, 0.1) is 11.3 Å². The first kappa shape index (κ1) is 21.3. The smallest absolute Gasteiger partial charge is 0.296 e. The number of aromatic nitrogens is 1. The number of nitrogens with zero attached hydrogens (tertiary/aromatic N) is 4. The molecular formula is C13H12N6O7S2. The van der Waals surface area contributed by atoms with Crippen molar-refractivity contribution in [1.29, 1.82) is 5.26 Å². The Morgan fingerprint density at radius 1 is 1.32 bits per heavy atom. The molecular weight excluding hydrogens is 416 g/mol. The zero-order valence-corrected chi connectivity index (χ0v) is 15.6. The van der Waals surface area contributed by atoms with Crippen molar-refractivity contribution in [2.45, 2.75) is 9.79 Å². The monoisotopic (exact) mass is 428 g/mol. The van der Waals surface area contributed by atoms with E-state index in [1.54, 1.807) is 6.07 Å². The number of methoxy groups -OCH3 is 1. The first-order chi connectivity index (χ1) is 13.2. The van der Waals surface area contributed by atoms with E-state index in [2.05, 4.69) is 24.6 Å². The molecule has 148 valence electrons. The third-order valence-corrected chi connectivity index (χ3v) is 4.61. The van der Waals surface area contributed by atoms with Crippen LogP contribution in [0.25, 0.3) is 0 Å². The number of nitriles is 1. The molecule has 0 spiro atoms. The molecule has 28 heavy (non-hydrogen) atoms. The normalized spacial score (nSPS) is 11.5. The van der Waals surface area contributed by atoms with Gasteiger partial charge in [0.2, 0.25) is 5.88 Å². The maximum atomic E-state index is 11.5. The standard InChI is InChI=1S/C13H12N6O7S2/c1-24-13-7(5-14)10(15)11(12(16)17-13)19-18-8-4-6(27-26-25-20)2-3-9(8)28(21,22)23/h2-4,20H,1H3,(H4,15,16,17)(H,21,22,23). The topological polar surface area (TPSA) is 216 Å². The van der Waals surface area contributed by atoms with Crippen LogP contribution in [0.1, 0.15) is 5.56 Å². The molecule has 1 heterocycles. The van der Waals surface area contributed by atoms with Crippen LogP contribution in [0.5, 0.6) is 5.88 Å². The van der Waals surface area contributed by atoms with Crippen LogP contribution < -0.4 is 16.2 Å². The fourth-order valence-corrected chi connectivity index (χ4v) is 2.95. The summed E-state index contributed by atoms with van der Waals surface area (Å²) in [6.07, 6.45) is 0. The zero-order valence-electron chi connectivity index (χ0n) is 13.9. The minimum absolute atomic E-state index is 0.116. The van der Waals surface area contributed by atoms with Crippen molar-refractivity contribution >= 4 is 45.0 Å². The van der Waals surface area contributed by atoms with Gasteiger partial charge in [0, 0.05) is 4.90 Å². The average Bonchev–Trinajstić information content (AvgIpc) is 2.64. The van der Waals surface area contributed by atoms with Gasteiger partial charge in [0.15, 0.2) is 11.5 Å². The third kappa shape index (κ3) is 4.64. The molecule has 15 heteroatoms. The van der Waals surface area contributed by atoms with Crippen LogP contribution >= 0.6 is 12.0 Å². The summed E-state index contributed by atoms with van der Waals surface area (Å²) < 4.78 is 41.6. The molecule has 13 nitrogen and oxygen atoms in total. The minimum atomic E-state index is -4.65. The second-order valence-electron chi connectivity index (χ2n) is 4.79. The summed E-state index contributed by atoms with van der Waals surface area (Å²) >= 11 is 0.521. The lowest BCUT2D eigenvalue weighted by Crippen LogP contribution is -2.02. The highest BCUT2D eigenvalue weighted by Gasteiger charge is 2.19. The van der Waals surface area contributed by atoms with E-state index >= 15 is 0 Å². The number of pyridine rings is 1. The molecule has 0 bridgehead atoms. The quantitative estimate of drug-likeness (QED) is 0.164. The van der Waals surface area contributed by atoms with Crippen LogP contribution in [0.15, 0.2) is 38.2 Å². The summed E-state index contributed by atoms with van der Waals surface area (Å²) in [4.78, 5) is 3.49. The summed E-state index contributed by atoms with van der Waals surface area (Å²) in [6, 6.07) is 5.21. The van der Waals surface area contributed by atoms with Gasteiger partial charge < -0.3 is 16.2 Å². The predicted octanol–water partition coefficient (Wildman–Crippen LogP) is 2.22. The van der Waals surface area contributed by atoms with Gasteiger partial charge in [-0.3, -0.25) is 4.55 Å². The van der Waals surface area contributed by atoms with Crippen LogP contribution in [0.2, 0.25) is 0 Å². The van der Waals surface area contributed by atoms with E-state index in [4.69, 9.17) is 21.5 Å². The lowest BCUT2D eigenvalue weighted by atomic mass is 10.2. The second kappa shape index (κ2) is 8.79. The fraction of sp³-hybridized carbons (Fsp3) is 0.0769. The van der Waals surface area contributed by atoms with E-state index in [1.165, 1.54) is 13.2 Å². The van der Waals surface area contributed by atoms with Crippen molar-refractivity contribution in [2.24, 2.45) is 10.2 Å². The van der Waals surface area contributed by atoms with Gasteiger partial charge in [0.1, 0.15) is 22.2 Å². The Bertz CT molecular complexity index is 1070. The van der Waals surface area contributed by atoms with Crippen LogP contribution in [0.3, 0.4) is 0 Å². The number of hydrogen-bond acceptors (Lipinski definition) is 13. The number of benzene rings is 1. The first-order valence-electron chi connectivity index (χ1n) is 6.94. The highest BCUT2D eigenvalue weighted by Crippen LogP contribution is 2.38. The van der Waals surface area contributed by atoms with Crippen molar-refractivity contribution in [1.82, 2.24) is 4.98 Å². The summed E-state index contributed by atoms with van der Waals surface area (Å²) in [5.74, 6) is -0.345. The maximum Gasteiger partial charge on any atom is 0.296 e. The van der Waals surface area contributed by atoms with E-state index in [0.717, 1.165) is 12.1 Å². The maximum absolute atomic E-state index is 11.5. The Kier molecular flexibility index (Phi) is 6.69. The molecule has 0 unspecified atom stereocenters. The van der Waals surface area contributed by atoms with Gasteiger partial charge in [-0.25, -0.2) is 5.26 Å². The Morgan fingerprint density at radius 3 is 2.61 bits per heavy atom. The molecule has 0 saturated carbocycles. The SMILES string of the molecule is COc1nc(N)c(N=Nc2cc(SOOO)ccc2S(=O)(=O)O)c(N)c1C#N. The molecule has 2 rings (SSSR count).